The highest BCUT2D eigenvalue weighted by molar-refractivity contribution is 8.18. The molecule has 0 aliphatic carbocycles. The van der Waals surface area contributed by atoms with Gasteiger partial charge in [0.15, 0.2) is 0 Å². The molecule has 0 N–H and O–H groups in total. The van der Waals surface area contributed by atoms with Crippen molar-refractivity contribution in [3.05, 3.63) is 103 Å². The molecule has 0 unspecified atom stereocenters. The minimum atomic E-state index is -4.34. The zero-order chi connectivity index (χ0) is 26.0. The van der Waals surface area contributed by atoms with Crippen LogP contribution in [0, 0.1) is 10.1 Å². The lowest BCUT2D eigenvalue weighted by Gasteiger charge is -2.13. The van der Waals surface area contributed by atoms with Crippen molar-refractivity contribution in [1.82, 2.24) is 4.90 Å². The van der Waals surface area contributed by atoms with Crippen molar-refractivity contribution < 1.29 is 27.1 Å². The van der Waals surface area contributed by atoms with Crippen molar-refractivity contribution in [1.29, 1.82) is 0 Å². The van der Waals surface area contributed by atoms with Crippen molar-refractivity contribution in [2.75, 3.05) is 0 Å². The van der Waals surface area contributed by atoms with Crippen LogP contribution < -0.4 is 4.18 Å². The third kappa shape index (κ3) is 5.54. The molecule has 3 aromatic rings. The van der Waals surface area contributed by atoms with Crippen LogP contribution in [-0.2, 0) is 21.5 Å². The van der Waals surface area contributed by atoms with Gasteiger partial charge in [0, 0.05) is 17.7 Å². The molecule has 1 aliphatic rings. The summed E-state index contributed by atoms with van der Waals surface area (Å²) in [5.74, 6) is -0.656. The van der Waals surface area contributed by atoms with Crippen LogP contribution in [0.3, 0.4) is 0 Å². The van der Waals surface area contributed by atoms with E-state index in [4.69, 9.17) is 27.4 Å². The molecule has 0 spiro atoms. The van der Waals surface area contributed by atoms with Crippen LogP contribution in [0.15, 0.2) is 76.5 Å². The number of nitrogens with zero attached hydrogens (tertiary/aromatic N) is 2. The second-order valence-corrected chi connectivity index (χ2v) is 10.7. The van der Waals surface area contributed by atoms with E-state index in [0.29, 0.717) is 22.3 Å². The van der Waals surface area contributed by atoms with E-state index in [1.165, 1.54) is 24.3 Å². The second kappa shape index (κ2) is 10.3. The van der Waals surface area contributed by atoms with Crippen molar-refractivity contribution in [2.45, 2.75) is 11.4 Å². The van der Waals surface area contributed by atoms with Gasteiger partial charge in [0.25, 0.3) is 16.8 Å². The molecular formula is C23H14Cl2N2O7S2. The molecule has 1 fully saturated rings. The number of para-hydroxylation sites is 1. The number of thioether (sulfide) groups is 1. The molecule has 0 radical (unpaired) electrons. The van der Waals surface area contributed by atoms with Gasteiger partial charge in [-0.3, -0.25) is 24.6 Å². The molecule has 0 saturated carbocycles. The standard InChI is InChI=1S/C23H14Cl2N2O7S2/c24-18-10-5-14(11-19(18)25)13-26-22(28)21(35-23(26)29)12-15-3-1-2-4-20(15)34-36(32,33)17-8-6-16(7-9-17)27(30)31/h1-12H,13H2/b21-12-. The zero-order valence-corrected chi connectivity index (χ0v) is 21.1. The number of hydrogen-bond acceptors (Lipinski definition) is 8. The fourth-order valence-electron chi connectivity index (χ4n) is 3.17. The van der Waals surface area contributed by atoms with Gasteiger partial charge in [-0.15, -0.1) is 0 Å². The van der Waals surface area contributed by atoms with Crippen LogP contribution in [0.2, 0.25) is 10.0 Å². The fraction of sp³-hybridized carbons (Fsp3) is 0.0435. The van der Waals surface area contributed by atoms with Gasteiger partial charge in [0.05, 0.1) is 26.4 Å². The lowest BCUT2D eigenvalue weighted by molar-refractivity contribution is -0.384. The topological polar surface area (TPSA) is 124 Å². The van der Waals surface area contributed by atoms with Gasteiger partial charge < -0.3 is 4.18 Å². The van der Waals surface area contributed by atoms with Crippen LogP contribution in [-0.4, -0.2) is 29.4 Å². The summed E-state index contributed by atoms with van der Waals surface area (Å²) in [4.78, 5) is 36.4. The number of halogens is 2. The Hall–Kier alpha value is -3.38. The maximum atomic E-state index is 12.9. The second-order valence-electron chi connectivity index (χ2n) is 7.34. The summed E-state index contributed by atoms with van der Waals surface area (Å²) in [6.45, 7) is -0.0223. The fourth-order valence-corrected chi connectivity index (χ4v) is 5.28. The number of carbonyl (C=O) groups excluding carboxylic acids is 2. The van der Waals surface area contributed by atoms with Crippen LogP contribution in [0.1, 0.15) is 11.1 Å². The Labute approximate surface area is 219 Å². The highest BCUT2D eigenvalue weighted by Crippen LogP contribution is 2.36. The SMILES string of the molecule is O=C1S/C(=C\c2ccccc2OS(=O)(=O)c2ccc([N+](=O)[O-])cc2)C(=O)N1Cc1ccc(Cl)c(Cl)c1. The number of carbonyl (C=O) groups is 2. The van der Waals surface area contributed by atoms with Crippen molar-refractivity contribution >= 4 is 68.0 Å². The molecule has 0 bridgehead atoms. The van der Waals surface area contributed by atoms with Gasteiger partial charge in [-0.1, -0.05) is 47.5 Å². The molecule has 9 nitrogen and oxygen atoms in total. The summed E-state index contributed by atoms with van der Waals surface area (Å²) in [7, 11) is -4.34. The van der Waals surface area contributed by atoms with Crippen molar-refractivity contribution in [3.63, 3.8) is 0 Å². The summed E-state index contributed by atoms with van der Waals surface area (Å²) in [5.41, 5.74) is 0.569. The Morgan fingerprint density at radius 2 is 1.69 bits per heavy atom. The number of imide groups is 1. The van der Waals surface area contributed by atoms with Crippen molar-refractivity contribution in [2.24, 2.45) is 0 Å². The van der Waals surface area contributed by atoms with Gasteiger partial charge >= 0.3 is 10.1 Å². The lowest BCUT2D eigenvalue weighted by atomic mass is 10.2. The van der Waals surface area contributed by atoms with Crippen molar-refractivity contribution in [3.8, 4) is 5.75 Å². The highest BCUT2D eigenvalue weighted by Gasteiger charge is 2.35. The Bertz CT molecular complexity index is 1520. The maximum absolute atomic E-state index is 12.9. The highest BCUT2D eigenvalue weighted by atomic mass is 35.5. The molecule has 1 aliphatic heterocycles. The van der Waals surface area contributed by atoms with Crippen LogP contribution in [0.5, 0.6) is 5.75 Å². The predicted molar refractivity (Wildman–Crippen MR) is 135 cm³/mol. The Morgan fingerprint density at radius 1 is 1.00 bits per heavy atom. The molecule has 0 aromatic heterocycles. The minimum Gasteiger partial charge on any atom is -0.378 e. The third-order valence-electron chi connectivity index (χ3n) is 4.94. The molecule has 1 saturated heterocycles. The predicted octanol–water partition coefficient (Wildman–Crippen LogP) is 5.91. The van der Waals surface area contributed by atoms with Gasteiger partial charge in [-0.05, 0) is 53.7 Å². The summed E-state index contributed by atoms with van der Waals surface area (Å²) in [5, 5.41) is 10.9. The van der Waals surface area contributed by atoms with E-state index < -0.39 is 26.2 Å². The summed E-state index contributed by atoms with van der Waals surface area (Å²) in [6, 6.07) is 15.0. The Kier molecular flexibility index (Phi) is 7.36. The van der Waals surface area contributed by atoms with E-state index in [1.807, 2.05) is 0 Å². The zero-order valence-electron chi connectivity index (χ0n) is 18.0. The number of rotatable bonds is 7. The van der Waals surface area contributed by atoms with Gasteiger partial charge in [-0.25, -0.2) is 0 Å². The molecule has 13 heteroatoms. The molecule has 1 heterocycles. The summed E-state index contributed by atoms with van der Waals surface area (Å²) < 4.78 is 30.7. The third-order valence-corrected chi connectivity index (χ3v) is 7.83. The van der Waals surface area contributed by atoms with E-state index in [2.05, 4.69) is 0 Å². The number of benzene rings is 3. The van der Waals surface area contributed by atoms with E-state index in [-0.39, 0.29) is 38.4 Å². The Balaban J connectivity index is 1.57. The van der Waals surface area contributed by atoms with E-state index in [1.54, 1.807) is 24.3 Å². The van der Waals surface area contributed by atoms with Crippen LogP contribution in [0.25, 0.3) is 6.08 Å². The number of nitro benzene ring substituents is 1. The number of hydrogen-bond donors (Lipinski definition) is 0. The first kappa shape index (κ1) is 25.7. The molecule has 0 atom stereocenters. The number of nitro groups is 1. The molecule has 2 amide bonds. The van der Waals surface area contributed by atoms with Crippen LogP contribution >= 0.6 is 35.0 Å². The molecule has 36 heavy (non-hydrogen) atoms. The monoisotopic (exact) mass is 564 g/mol. The summed E-state index contributed by atoms with van der Waals surface area (Å²) >= 11 is 12.6. The largest absolute Gasteiger partial charge is 0.378 e. The normalized spacial score (nSPS) is 14.9. The van der Waals surface area contributed by atoms with Crippen LogP contribution in [0.4, 0.5) is 10.5 Å². The first-order chi connectivity index (χ1) is 17.0. The van der Waals surface area contributed by atoms with E-state index >= 15 is 0 Å². The maximum Gasteiger partial charge on any atom is 0.339 e. The summed E-state index contributed by atoms with van der Waals surface area (Å²) in [6.07, 6.45) is 1.36. The molecular weight excluding hydrogens is 551 g/mol. The average Bonchev–Trinajstić information content (AvgIpc) is 3.10. The van der Waals surface area contributed by atoms with E-state index in [9.17, 15) is 28.1 Å². The minimum absolute atomic E-state index is 0.0223. The number of amides is 2. The van der Waals surface area contributed by atoms with Gasteiger partial charge in [-0.2, -0.15) is 8.42 Å². The average molecular weight is 565 g/mol. The first-order valence-electron chi connectivity index (χ1n) is 10.0. The van der Waals surface area contributed by atoms with Gasteiger partial charge in [0.2, 0.25) is 0 Å². The first-order valence-corrected chi connectivity index (χ1v) is 13.0. The quantitative estimate of drug-likeness (QED) is 0.150. The molecule has 4 rings (SSSR count). The van der Waals surface area contributed by atoms with E-state index in [0.717, 1.165) is 29.2 Å². The molecule has 3 aromatic carbocycles. The molecule has 184 valence electrons. The smallest absolute Gasteiger partial charge is 0.339 e. The number of non-ortho nitro benzene ring substituents is 1. The van der Waals surface area contributed by atoms with Gasteiger partial charge in [0.1, 0.15) is 10.6 Å². The lowest BCUT2D eigenvalue weighted by Crippen LogP contribution is -2.27. The Morgan fingerprint density at radius 3 is 2.36 bits per heavy atom.